The predicted octanol–water partition coefficient (Wildman–Crippen LogP) is 5.51. The number of hydrogen-bond acceptors (Lipinski definition) is 4. The van der Waals surface area contributed by atoms with E-state index in [0.717, 1.165) is 0 Å². The van der Waals surface area contributed by atoms with Crippen LogP contribution in [-0.4, -0.2) is 23.8 Å². The molecule has 0 unspecified atom stereocenters. The highest BCUT2D eigenvalue weighted by molar-refractivity contribution is 5.95. The van der Waals surface area contributed by atoms with Crippen molar-refractivity contribution in [1.82, 2.24) is 4.98 Å². The van der Waals surface area contributed by atoms with Crippen LogP contribution in [0.3, 0.4) is 0 Å². The normalized spacial score (nSPS) is 8.62. The van der Waals surface area contributed by atoms with Crippen molar-refractivity contribution < 1.29 is 14.3 Å². The maximum absolute atomic E-state index is 11.0. The van der Waals surface area contributed by atoms with E-state index in [1.165, 1.54) is 12.7 Å². The molecule has 0 atom stereocenters. The average Bonchev–Trinajstić information content (AvgIpc) is 2.70. The lowest BCUT2D eigenvalue weighted by Crippen LogP contribution is -2.07. The maximum atomic E-state index is 11.0. The summed E-state index contributed by atoms with van der Waals surface area (Å²) in [6.45, 7) is 11.5. The number of ketones is 1. The zero-order chi connectivity index (χ0) is 20.4. The smallest absolute Gasteiger partial charge is 0.308 e. The van der Waals surface area contributed by atoms with Crippen LogP contribution in [0.15, 0.2) is 54.9 Å². The molecule has 4 heteroatoms. The van der Waals surface area contributed by atoms with Gasteiger partial charge in [-0.2, -0.15) is 0 Å². The highest BCUT2D eigenvalue weighted by atomic mass is 16.5. The van der Waals surface area contributed by atoms with Crippen molar-refractivity contribution in [2.24, 2.45) is 5.92 Å². The van der Waals surface area contributed by atoms with Crippen LogP contribution in [0.25, 0.3) is 0 Å². The van der Waals surface area contributed by atoms with Crippen LogP contribution in [0.4, 0.5) is 0 Å². The van der Waals surface area contributed by atoms with Gasteiger partial charge in [0.15, 0.2) is 5.78 Å². The zero-order valence-electron chi connectivity index (χ0n) is 17.2. The molecule has 1 heterocycles. The Morgan fingerprint density at radius 1 is 1.04 bits per heavy atom. The van der Waals surface area contributed by atoms with E-state index in [-0.39, 0.29) is 17.7 Å². The molecule has 0 saturated heterocycles. The van der Waals surface area contributed by atoms with Crippen molar-refractivity contribution in [3.05, 3.63) is 66.0 Å². The molecular weight excluding hydrogens is 326 g/mol. The second kappa shape index (κ2) is 17.3. The van der Waals surface area contributed by atoms with E-state index >= 15 is 0 Å². The number of Topliss-reactive ketones (excluding diaryl/α,β-unsaturated/α-hetero) is 1. The Hall–Kier alpha value is -2.49. The largest absolute Gasteiger partial charge is 0.469 e. The number of methoxy groups -OCH3 is 1. The minimum atomic E-state index is -0.153. The lowest BCUT2D eigenvalue weighted by Gasteiger charge is -1.97. The van der Waals surface area contributed by atoms with Gasteiger partial charge < -0.3 is 4.74 Å². The Kier molecular flexibility index (Phi) is 17.2. The lowest BCUT2D eigenvalue weighted by atomic mass is 10.1. The molecule has 0 radical (unpaired) electrons. The number of carbonyl (C=O) groups is 2. The van der Waals surface area contributed by atoms with E-state index in [4.69, 9.17) is 0 Å². The van der Waals surface area contributed by atoms with E-state index in [1.54, 1.807) is 38.4 Å². The van der Waals surface area contributed by atoms with Crippen molar-refractivity contribution in [2.45, 2.75) is 48.0 Å². The van der Waals surface area contributed by atoms with Crippen molar-refractivity contribution in [2.75, 3.05) is 7.11 Å². The summed E-state index contributed by atoms with van der Waals surface area (Å²) in [5, 5.41) is 0. The molecule has 0 aliphatic carbocycles. The number of carbonyl (C=O) groups excluding carboxylic acids is 2. The fourth-order valence-electron chi connectivity index (χ4n) is 1.50. The molecule has 0 amide bonds. The number of hydrogen-bond donors (Lipinski definition) is 0. The summed E-state index contributed by atoms with van der Waals surface area (Å²) < 4.78 is 4.37. The molecule has 0 saturated carbocycles. The molecule has 26 heavy (non-hydrogen) atoms. The first-order chi connectivity index (χ1) is 12.4. The van der Waals surface area contributed by atoms with E-state index in [0.29, 0.717) is 12.0 Å². The molecule has 0 aliphatic rings. The molecule has 0 bridgehead atoms. The first kappa shape index (κ1) is 25.7. The molecule has 0 fully saturated rings. The fraction of sp³-hybridized carbons (Fsp3) is 0.409. The fourth-order valence-corrected chi connectivity index (χ4v) is 1.50. The Bertz CT molecular complexity index is 581. The number of pyridine rings is 1. The van der Waals surface area contributed by atoms with Gasteiger partial charge in [0, 0.05) is 24.4 Å². The molecule has 0 N–H and O–H groups in total. The molecule has 2 aromatic rings. The topological polar surface area (TPSA) is 56.3 Å². The van der Waals surface area contributed by atoms with Gasteiger partial charge in [-0.25, -0.2) is 0 Å². The third kappa shape index (κ3) is 13.9. The predicted molar refractivity (Wildman–Crippen MR) is 108 cm³/mol. The number of nitrogens with zero attached hydrogens (tertiary/aromatic N) is 1. The Balaban J connectivity index is 0. The van der Waals surface area contributed by atoms with E-state index in [2.05, 4.69) is 28.8 Å². The van der Waals surface area contributed by atoms with Crippen LogP contribution in [0.2, 0.25) is 0 Å². The molecule has 1 aromatic heterocycles. The first-order valence-electron chi connectivity index (χ1n) is 8.95. The molecule has 144 valence electrons. The Morgan fingerprint density at radius 3 is 1.88 bits per heavy atom. The highest BCUT2D eigenvalue weighted by Gasteiger charge is 2.03. The second-order valence-corrected chi connectivity index (χ2v) is 5.35. The lowest BCUT2D eigenvalue weighted by molar-refractivity contribution is -0.144. The molecular formula is C22H33NO3. The molecule has 0 aliphatic heterocycles. The summed E-state index contributed by atoms with van der Waals surface area (Å²) in [4.78, 5) is 25.1. The Labute approximate surface area is 158 Å². The van der Waals surface area contributed by atoms with Gasteiger partial charge in [-0.05, 0) is 19.1 Å². The van der Waals surface area contributed by atoms with Gasteiger partial charge in [-0.3, -0.25) is 14.6 Å². The van der Waals surface area contributed by atoms with Crippen LogP contribution < -0.4 is 0 Å². The zero-order valence-corrected chi connectivity index (χ0v) is 17.2. The van der Waals surface area contributed by atoms with Gasteiger partial charge in [0.2, 0.25) is 0 Å². The third-order valence-electron chi connectivity index (χ3n) is 2.92. The number of esters is 1. The standard InChI is InChI=1S/C8H9NO.C7H8.C5H10O2.C2H6/c1-2-8(10)7-4-3-5-9-6-7;1-7-5-3-2-4-6-7;1-4(2)5(6)7-3;1-2/h3-6H,2H2,1H3;2-6H,1H3;4H,1-3H3;1-2H3. The van der Waals surface area contributed by atoms with Crippen LogP contribution in [0.1, 0.15) is 57.0 Å². The van der Waals surface area contributed by atoms with Crippen molar-refractivity contribution in [3.63, 3.8) is 0 Å². The average molecular weight is 360 g/mol. The quantitative estimate of drug-likeness (QED) is 0.535. The number of ether oxygens (including phenoxy) is 1. The maximum Gasteiger partial charge on any atom is 0.308 e. The van der Waals surface area contributed by atoms with E-state index in [9.17, 15) is 9.59 Å². The molecule has 1 aromatic carbocycles. The van der Waals surface area contributed by atoms with E-state index in [1.807, 2.05) is 39.0 Å². The molecule has 0 spiro atoms. The summed E-state index contributed by atoms with van der Waals surface area (Å²) in [6, 6.07) is 13.8. The summed E-state index contributed by atoms with van der Waals surface area (Å²) in [5.74, 6) is -0.00176. The van der Waals surface area contributed by atoms with Crippen LogP contribution >= 0.6 is 0 Å². The van der Waals surface area contributed by atoms with Gasteiger partial charge in [-0.1, -0.05) is 70.5 Å². The van der Waals surface area contributed by atoms with Gasteiger partial charge in [0.25, 0.3) is 0 Å². The summed E-state index contributed by atoms with van der Waals surface area (Å²) >= 11 is 0. The minimum absolute atomic E-state index is 0.00463. The third-order valence-corrected chi connectivity index (χ3v) is 2.92. The summed E-state index contributed by atoms with van der Waals surface area (Å²) in [7, 11) is 1.39. The number of rotatable bonds is 3. The van der Waals surface area contributed by atoms with Gasteiger partial charge in [0.05, 0.1) is 13.0 Å². The van der Waals surface area contributed by atoms with Crippen LogP contribution in [0, 0.1) is 12.8 Å². The Morgan fingerprint density at radius 2 is 1.62 bits per heavy atom. The van der Waals surface area contributed by atoms with Crippen LogP contribution in [-0.2, 0) is 9.53 Å². The van der Waals surface area contributed by atoms with Crippen molar-refractivity contribution in [1.29, 1.82) is 0 Å². The second-order valence-electron chi connectivity index (χ2n) is 5.35. The van der Waals surface area contributed by atoms with Gasteiger partial charge in [-0.15, -0.1) is 0 Å². The monoisotopic (exact) mass is 359 g/mol. The first-order valence-corrected chi connectivity index (χ1v) is 8.95. The van der Waals surface area contributed by atoms with Crippen molar-refractivity contribution >= 4 is 11.8 Å². The minimum Gasteiger partial charge on any atom is -0.469 e. The highest BCUT2D eigenvalue weighted by Crippen LogP contribution is 1.99. The van der Waals surface area contributed by atoms with Crippen molar-refractivity contribution in [3.8, 4) is 0 Å². The SMILES string of the molecule is CC.CCC(=O)c1cccnc1.COC(=O)C(C)C.Cc1ccccc1. The molecule has 2 rings (SSSR count). The number of aryl methyl sites for hydroxylation is 1. The van der Waals surface area contributed by atoms with E-state index < -0.39 is 0 Å². The van der Waals surface area contributed by atoms with Crippen LogP contribution in [0.5, 0.6) is 0 Å². The molecule has 4 nitrogen and oxygen atoms in total. The summed E-state index contributed by atoms with van der Waals surface area (Å²) in [5.41, 5.74) is 2.02. The van der Waals surface area contributed by atoms with Gasteiger partial charge >= 0.3 is 5.97 Å². The summed E-state index contributed by atoms with van der Waals surface area (Å²) in [6.07, 6.45) is 3.80. The number of benzene rings is 1. The number of aromatic nitrogens is 1. The van der Waals surface area contributed by atoms with Gasteiger partial charge in [0.1, 0.15) is 0 Å².